The van der Waals surface area contributed by atoms with Crippen molar-refractivity contribution in [2.24, 2.45) is 0 Å². The zero-order valence-electron chi connectivity index (χ0n) is 10.5. The lowest BCUT2D eigenvalue weighted by Gasteiger charge is -2.15. The van der Waals surface area contributed by atoms with Crippen LogP contribution < -0.4 is 5.32 Å². The number of hydrogen-bond donors (Lipinski definition) is 1. The predicted molar refractivity (Wildman–Crippen MR) is 76.9 cm³/mol. The Bertz CT molecular complexity index is 376. The molecule has 0 amide bonds. The number of thioether (sulfide) groups is 1. The van der Waals surface area contributed by atoms with Crippen LogP contribution in [-0.2, 0) is 6.54 Å². The first kappa shape index (κ1) is 13.3. The van der Waals surface area contributed by atoms with Crippen LogP contribution in [-0.4, -0.2) is 11.3 Å². The van der Waals surface area contributed by atoms with Crippen molar-refractivity contribution in [3.05, 3.63) is 28.8 Å². The fourth-order valence-electron chi connectivity index (χ4n) is 1.65. The molecule has 2 rings (SSSR count). The minimum absolute atomic E-state index is 0.620. The smallest absolute Gasteiger partial charge is 0.0545 e. The molecule has 3 heteroatoms. The average molecular weight is 270 g/mol. The second kappa shape index (κ2) is 6.12. The SMILES string of the molecule is CCC(C)Sc1c(Cl)cccc1CNC1CC1. The Labute approximate surface area is 113 Å². The molecule has 94 valence electrons. The molecule has 1 fully saturated rings. The summed E-state index contributed by atoms with van der Waals surface area (Å²) in [6, 6.07) is 6.97. The fraction of sp³-hybridized carbons (Fsp3) is 0.571. The summed E-state index contributed by atoms with van der Waals surface area (Å²) in [6.07, 6.45) is 3.83. The van der Waals surface area contributed by atoms with Gasteiger partial charge in [-0.15, -0.1) is 11.8 Å². The van der Waals surface area contributed by atoms with Gasteiger partial charge in [0.1, 0.15) is 0 Å². The van der Waals surface area contributed by atoms with Crippen LogP contribution in [0.5, 0.6) is 0 Å². The van der Waals surface area contributed by atoms with Crippen LogP contribution in [0.15, 0.2) is 23.1 Å². The van der Waals surface area contributed by atoms with Crippen molar-refractivity contribution >= 4 is 23.4 Å². The second-order valence-electron chi connectivity index (χ2n) is 4.72. The van der Waals surface area contributed by atoms with Gasteiger partial charge in [0.15, 0.2) is 0 Å². The zero-order valence-corrected chi connectivity index (χ0v) is 12.1. The summed E-state index contributed by atoms with van der Waals surface area (Å²) in [6.45, 7) is 5.42. The Morgan fingerprint density at radius 3 is 2.88 bits per heavy atom. The number of nitrogens with one attached hydrogen (secondary N) is 1. The van der Waals surface area contributed by atoms with E-state index in [0.717, 1.165) is 17.6 Å². The molecule has 0 bridgehead atoms. The lowest BCUT2D eigenvalue weighted by molar-refractivity contribution is 0.680. The maximum Gasteiger partial charge on any atom is 0.0545 e. The Hall–Kier alpha value is -0.180. The van der Waals surface area contributed by atoms with Crippen molar-refractivity contribution < 1.29 is 0 Å². The summed E-state index contributed by atoms with van der Waals surface area (Å²) >= 11 is 8.21. The lowest BCUT2D eigenvalue weighted by Crippen LogP contribution is -2.16. The molecule has 0 aromatic heterocycles. The number of rotatable bonds is 6. The molecule has 0 radical (unpaired) electrons. The van der Waals surface area contributed by atoms with Crippen LogP contribution in [0.4, 0.5) is 0 Å². The van der Waals surface area contributed by atoms with Crippen molar-refractivity contribution in [1.29, 1.82) is 0 Å². The van der Waals surface area contributed by atoms with Crippen molar-refractivity contribution in [3.63, 3.8) is 0 Å². The summed E-state index contributed by atoms with van der Waals surface area (Å²) in [7, 11) is 0. The zero-order chi connectivity index (χ0) is 12.3. The van der Waals surface area contributed by atoms with E-state index in [0.29, 0.717) is 5.25 Å². The minimum atomic E-state index is 0.620. The van der Waals surface area contributed by atoms with E-state index in [4.69, 9.17) is 11.6 Å². The summed E-state index contributed by atoms with van der Waals surface area (Å²) in [5.74, 6) is 0. The van der Waals surface area contributed by atoms with Gasteiger partial charge in [0.25, 0.3) is 0 Å². The molecular weight excluding hydrogens is 250 g/mol. The van der Waals surface area contributed by atoms with Crippen molar-refractivity contribution in [1.82, 2.24) is 5.32 Å². The van der Waals surface area contributed by atoms with Crippen LogP contribution >= 0.6 is 23.4 Å². The van der Waals surface area contributed by atoms with Gasteiger partial charge in [-0.05, 0) is 30.9 Å². The largest absolute Gasteiger partial charge is 0.310 e. The first-order chi connectivity index (χ1) is 8.20. The van der Waals surface area contributed by atoms with Crippen molar-refractivity contribution in [3.8, 4) is 0 Å². The van der Waals surface area contributed by atoms with Gasteiger partial charge in [0.05, 0.1) is 5.02 Å². The summed E-state index contributed by atoms with van der Waals surface area (Å²) in [4.78, 5) is 1.26. The van der Waals surface area contributed by atoms with Gasteiger partial charge < -0.3 is 5.32 Å². The Kier molecular flexibility index (Phi) is 4.78. The second-order valence-corrected chi connectivity index (χ2v) is 6.58. The molecule has 1 aromatic rings. The molecule has 0 aliphatic heterocycles. The standard InChI is InChI=1S/C14H20ClNS/c1-3-10(2)17-14-11(5-4-6-13(14)15)9-16-12-7-8-12/h4-6,10,12,16H,3,7-9H2,1-2H3. The first-order valence-electron chi connectivity index (χ1n) is 6.38. The third-order valence-corrected chi connectivity index (χ3v) is 4.98. The number of halogens is 1. The lowest BCUT2D eigenvalue weighted by atomic mass is 10.2. The molecule has 1 aromatic carbocycles. The molecule has 1 unspecified atom stereocenters. The normalized spacial score (nSPS) is 17.1. The van der Waals surface area contributed by atoms with E-state index >= 15 is 0 Å². The van der Waals surface area contributed by atoms with Gasteiger partial charge in [-0.25, -0.2) is 0 Å². The van der Waals surface area contributed by atoms with Gasteiger partial charge in [0.2, 0.25) is 0 Å². The molecular formula is C14H20ClNS. The fourth-order valence-corrected chi connectivity index (χ4v) is 3.02. The van der Waals surface area contributed by atoms with Crippen LogP contribution in [0.2, 0.25) is 5.02 Å². The third-order valence-electron chi connectivity index (χ3n) is 3.10. The highest BCUT2D eigenvalue weighted by molar-refractivity contribution is 8.00. The van der Waals surface area contributed by atoms with E-state index in [1.807, 2.05) is 23.9 Å². The summed E-state index contributed by atoms with van der Waals surface area (Å²) < 4.78 is 0. The van der Waals surface area contributed by atoms with Crippen molar-refractivity contribution in [2.45, 2.75) is 55.8 Å². The van der Waals surface area contributed by atoms with Gasteiger partial charge in [-0.2, -0.15) is 0 Å². The quantitative estimate of drug-likeness (QED) is 0.764. The Morgan fingerprint density at radius 1 is 1.47 bits per heavy atom. The first-order valence-corrected chi connectivity index (χ1v) is 7.64. The van der Waals surface area contributed by atoms with Gasteiger partial charge >= 0.3 is 0 Å². The molecule has 0 spiro atoms. The molecule has 0 saturated heterocycles. The topological polar surface area (TPSA) is 12.0 Å². The third kappa shape index (κ3) is 3.90. The number of hydrogen-bond acceptors (Lipinski definition) is 2. The molecule has 1 N–H and O–H groups in total. The van der Waals surface area contributed by atoms with Gasteiger partial charge in [-0.1, -0.05) is 37.6 Å². The Balaban J connectivity index is 2.08. The monoisotopic (exact) mass is 269 g/mol. The average Bonchev–Trinajstić information content (AvgIpc) is 3.13. The van der Waals surface area contributed by atoms with Gasteiger partial charge in [0, 0.05) is 22.7 Å². The highest BCUT2D eigenvalue weighted by Crippen LogP contribution is 2.34. The molecule has 1 aliphatic rings. The van der Waals surface area contributed by atoms with E-state index in [1.165, 1.54) is 29.7 Å². The summed E-state index contributed by atoms with van der Waals surface area (Å²) in [5, 5.41) is 5.07. The minimum Gasteiger partial charge on any atom is -0.310 e. The summed E-state index contributed by atoms with van der Waals surface area (Å²) in [5.41, 5.74) is 1.34. The molecule has 0 heterocycles. The van der Waals surface area contributed by atoms with Crippen molar-refractivity contribution in [2.75, 3.05) is 0 Å². The highest BCUT2D eigenvalue weighted by Gasteiger charge is 2.21. The van der Waals surface area contributed by atoms with Crippen LogP contribution in [0, 0.1) is 0 Å². The molecule has 17 heavy (non-hydrogen) atoms. The van der Waals surface area contributed by atoms with E-state index < -0.39 is 0 Å². The molecule has 1 nitrogen and oxygen atoms in total. The van der Waals surface area contributed by atoms with E-state index in [-0.39, 0.29) is 0 Å². The van der Waals surface area contributed by atoms with Crippen LogP contribution in [0.3, 0.4) is 0 Å². The number of benzene rings is 1. The van der Waals surface area contributed by atoms with E-state index in [9.17, 15) is 0 Å². The molecule has 1 atom stereocenters. The maximum atomic E-state index is 6.31. The maximum absolute atomic E-state index is 6.31. The van der Waals surface area contributed by atoms with E-state index in [2.05, 4.69) is 25.2 Å². The Morgan fingerprint density at radius 2 is 2.24 bits per heavy atom. The van der Waals surface area contributed by atoms with Gasteiger partial charge in [-0.3, -0.25) is 0 Å². The molecule has 1 aliphatic carbocycles. The van der Waals surface area contributed by atoms with E-state index in [1.54, 1.807) is 0 Å². The van der Waals surface area contributed by atoms with Crippen LogP contribution in [0.25, 0.3) is 0 Å². The highest BCUT2D eigenvalue weighted by atomic mass is 35.5. The van der Waals surface area contributed by atoms with Crippen LogP contribution in [0.1, 0.15) is 38.7 Å². The predicted octanol–water partition coefficient (Wildman–Crippen LogP) is 4.48. The molecule has 1 saturated carbocycles.